The van der Waals surface area contributed by atoms with Crippen molar-refractivity contribution in [2.75, 3.05) is 0 Å². The van der Waals surface area contributed by atoms with Gasteiger partial charge in [0.2, 0.25) is 0 Å². The number of benzene rings is 2. The zero-order valence-corrected chi connectivity index (χ0v) is 17.1. The van der Waals surface area contributed by atoms with Gasteiger partial charge in [-0.15, -0.1) is 0 Å². The van der Waals surface area contributed by atoms with Crippen LogP contribution >= 0.6 is 11.6 Å². The van der Waals surface area contributed by atoms with Crippen LogP contribution in [0.25, 0.3) is 5.76 Å². The van der Waals surface area contributed by atoms with Crippen LogP contribution in [0.4, 0.5) is 4.39 Å². The number of phenols is 1. The van der Waals surface area contributed by atoms with Gasteiger partial charge in [0, 0.05) is 11.6 Å². The third-order valence-corrected chi connectivity index (χ3v) is 6.22. The van der Waals surface area contributed by atoms with Gasteiger partial charge in [-0.3, -0.25) is 9.59 Å². The topological polar surface area (TPSA) is 77.8 Å². The van der Waals surface area contributed by atoms with Crippen LogP contribution in [0.2, 0.25) is 5.02 Å². The van der Waals surface area contributed by atoms with E-state index < -0.39 is 23.5 Å². The largest absolute Gasteiger partial charge is 0.507 e. The monoisotopic (exact) mass is 429 g/mol. The van der Waals surface area contributed by atoms with Crippen LogP contribution in [0.3, 0.4) is 0 Å². The van der Waals surface area contributed by atoms with Gasteiger partial charge in [-0.25, -0.2) is 4.39 Å². The summed E-state index contributed by atoms with van der Waals surface area (Å²) in [6, 6.07) is 7.55. The second kappa shape index (κ2) is 7.76. The normalized spacial score (nSPS) is 21.6. The number of halogens is 2. The SMILES string of the molecule is Cc1cc(/C(O)=C2/C(=O)C(=O)N(C3CCCC3)C2c2ccc(O)c(Cl)c2)ccc1F. The van der Waals surface area contributed by atoms with Crippen molar-refractivity contribution in [3.63, 3.8) is 0 Å². The van der Waals surface area contributed by atoms with Crippen molar-refractivity contribution < 1.29 is 24.2 Å². The van der Waals surface area contributed by atoms with E-state index >= 15 is 0 Å². The molecule has 1 amide bonds. The van der Waals surface area contributed by atoms with Gasteiger partial charge in [0.1, 0.15) is 17.3 Å². The molecule has 30 heavy (non-hydrogen) atoms. The molecule has 1 aliphatic heterocycles. The molecular formula is C23H21ClFNO4. The van der Waals surface area contributed by atoms with E-state index in [-0.39, 0.29) is 33.7 Å². The Labute approximate surface area is 178 Å². The Balaban J connectivity index is 1.91. The second-order valence-electron chi connectivity index (χ2n) is 7.82. The maximum Gasteiger partial charge on any atom is 0.295 e. The van der Waals surface area contributed by atoms with Crippen molar-refractivity contribution in [3.8, 4) is 5.75 Å². The molecule has 0 bridgehead atoms. The third kappa shape index (κ3) is 3.35. The average molecular weight is 430 g/mol. The Hall–Kier alpha value is -2.86. The van der Waals surface area contributed by atoms with Crippen molar-refractivity contribution in [1.82, 2.24) is 4.90 Å². The minimum absolute atomic E-state index is 0.0559. The second-order valence-corrected chi connectivity index (χ2v) is 8.23. The van der Waals surface area contributed by atoms with Crippen LogP contribution in [0.1, 0.15) is 48.4 Å². The molecule has 1 aliphatic carbocycles. The van der Waals surface area contributed by atoms with E-state index in [0.29, 0.717) is 11.1 Å². The number of likely N-dealkylation sites (tertiary alicyclic amines) is 1. The number of hydrogen-bond donors (Lipinski definition) is 2. The third-order valence-electron chi connectivity index (χ3n) is 5.92. The van der Waals surface area contributed by atoms with Gasteiger partial charge in [0.05, 0.1) is 16.6 Å². The lowest BCUT2D eigenvalue weighted by Gasteiger charge is -2.31. The van der Waals surface area contributed by atoms with E-state index in [1.165, 1.54) is 35.2 Å². The van der Waals surface area contributed by atoms with Crippen LogP contribution in [-0.4, -0.2) is 32.8 Å². The van der Waals surface area contributed by atoms with E-state index in [2.05, 4.69) is 0 Å². The number of aliphatic hydroxyl groups excluding tert-OH is 1. The molecule has 1 unspecified atom stereocenters. The van der Waals surface area contributed by atoms with Gasteiger partial charge in [-0.05, 0) is 61.2 Å². The zero-order valence-electron chi connectivity index (χ0n) is 16.4. The van der Waals surface area contributed by atoms with Crippen LogP contribution in [0.15, 0.2) is 42.0 Å². The number of aryl methyl sites for hydroxylation is 1. The minimum Gasteiger partial charge on any atom is -0.507 e. The molecule has 1 saturated carbocycles. The fourth-order valence-electron chi connectivity index (χ4n) is 4.38. The number of rotatable bonds is 3. The number of phenolic OH excluding ortho intramolecular Hbond substituents is 1. The molecule has 156 valence electrons. The molecule has 2 aliphatic rings. The van der Waals surface area contributed by atoms with Crippen molar-refractivity contribution in [1.29, 1.82) is 0 Å². The Morgan fingerprint density at radius 3 is 2.47 bits per heavy atom. The predicted molar refractivity (Wildman–Crippen MR) is 111 cm³/mol. The Morgan fingerprint density at radius 2 is 1.83 bits per heavy atom. The summed E-state index contributed by atoms with van der Waals surface area (Å²) < 4.78 is 13.7. The van der Waals surface area contributed by atoms with Crippen molar-refractivity contribution in [2.45, 2.75) is 44.7 Å². The summed E-state index contributed by atoms with van der Waals surface area (Å²) in [6.45, 7) is 1.56. The van der Waals surface area contributed by atoms with E-state index in [4.69, 9.17) is 11.6 Å². The number of carbonyl (C=O) groups is 2. The van der Waals surface area contributed by atoms with E-state index in [9.17, 15) is 24.2 Å². The quantitative estimate of drug-likeness (QED) is 0.415. The number of carbonyl (C=O) groups excluding carboxylic acids is 2. The molecule has 0 spiro atoms. The van der Waals surface area contributed by atoms with E-state index in [1.807, 2.05) is 0 Å². The van der Waals surface area contributed by atoms with Gasteiger partial charge in [-0.2, -0.15) is 0 Å². The summed E-state index contributed by atoms with van der Waals surface area (Å²) in [5, 5.41) is 20.9. The molecule has 1 heterocycles. The molecule has 2 aromatic rings. The number of Topliss-reactive ketones (excluding diaryl/α,β-unsaturated/α-hetero) is 1. The first-order valence-corrected chi connectivity index (χ1v) is 10.2. The molecule has 7 heteroatoms. The first kappa shape index (κ1) is 20.4. The first-order chi connectivity index (χ1) is 14.3. The highest BCUT2D eigenvalue weighted by atomic mass is 35.5. The van der Waals surface area contributed by atoms with Gasteiger partial charge in [0.25, 0.3) is 11.7 Å². The Bertz CT molecular complexity index is 1070. The van der Waals surface area contributed by atoms with Crippen molar-refractivity contribution in [2.24, 2.45) is 0 Å². The average Bonchev–Trinajstić information content (AvgIpc) is 3.33. The lowest BCUT2D eigenvalue weighted by molar-refractivity contribution is -0.141. The van der Waals surface area contributed by atoms with Crippen LogP contribution in [-0.2, 0) is 9.59 Å². The van der Waals surface area contributed by atoms with Crippen molar-refractivity contribution >= 4 is 29.1 Å². The fourth-order valence-corrected chi connectivity index (χ4v) is 4.57. The Morgan fingerprint density at radius 1 is 1.13 bits per heavy atom. The number of ketones is 1. The van der Waals surface area contributed by atoms with E-state index in [1.54, 1.807) is 13.0 Å². The molecule has 5 nitrogen and oxygen atoms in total. The molecule has 4 rings (SSSR count). The van der Waals surface area contributed by atoms with E-state index in [0.717, 1.165) is 25.7 Å². The number of hydrogen-bond acceptors (Lipinski definition) is 4. The standard InChI is InChI=1S/C23H21ClFNO4/c1-12-10-14(6-8-17(12)25)21(28)19-20(13-7-9-18(27)16(24)11-13)26(23(30)22(19)29)15-4-2-3-5-15/h6-11,15,20,27-28H,2-5H2,1H3/b21-19-. The highest BCUT2D eigenvalue weighted by molar-refractivity contribution is 6.46. The smallest absolute Gasteiger partial charge is 0.295 e. The summed E-state index contributed by atoms with van der Waals surface area (Å²) in [5.41, 5.74) is 1.03. The van der Waals surface area contributed by atoms with Crippen LogP contribution < -0.4 is 0 Å². The summed E-state index contributed by atoms with van der Waals surface area (Å²) in [5.74, 6) is -2.36. The summed E-state index contributed by atoms with van der Waals surface area (Å²) in [4.78, 5) is 27.5. The molecule has 1 saturated heterocycles. The molecule has 2 N–H and O–H groups in total. The highest BCUT2D eigenvalue weighted by Crippen LogP contribution is 2.44. The number of aliphatic hydroxyl groups is 1. The highest BCUT2D eigenvalue weighted by Gasteiger charge is 2.49. The minimum atomic E-state index is -0.837. The lowest BCUT2D eigenvalue weighted by atomic mass is 9.94. The number of aromatic hydroxyl groups is 1. The molecule has 2 aromatic carbocycles. The summed E-state index contributed by atoms with van der Waals surface area (Å²) >= 11 is 6.10. The molecule has 2 fully saturated rings. The number of nitrogens with zero attached hydrogens (tertiary/aromatic N) is 1. The predicted octanol–water partition coefficient (Wildman–Crippen LogP) is 4.86. The summed E-state index contributed by atoms with van der Waals surface area (Å²) in [7, 11) is 0. The number of amides is 1. The van der Waals surface area contributed by atoms with Crippen LogP contribution in [0.5, 0.6) is 5.75 Å². The molecule has 0 aromatic heterocycles. The molecule has 0 radical (unpaired) electrons. The van der Waals surface area contributed by atoms with Crippen molar-refractivity contribution in [3.05, 3.63) is 69.5 Å². The first-order valence-electron chi connectivity index (χ1n) is 9.84. The van der Waals surface area contributed by atoms with Crippen LogP contribution in [0, 0.1) is 12.7 Å². The van der Waals surface area contributed by atoms with Gasteiger partial charge in [-0.1, -0.05) is 30.5 Å². The maximum absolute atomic E-state index is 13.7. The fraction of sp³-hybridized carbons (Fsp3) is 0.304. The Kier molecular flexibility index (Phi) is 5.28. The van der Waals surface area contributed by atoms with Gasteiger partial charge < -0.3 is 15.1 Å². The lowest BCUT2D eigenvalue weighted by Crippen LogP contribution is -2.37. The molecule has 1 atom stereocenters. The van der Waals surface area contributed by atoms with Gasteiger partial charge in [0.15, 0.2) is 0 Å². The summed E-state index contributed by atoms with van der Waals surface area (Å²) in [6.07, 6.45) is 3.44. The zero-order chi connectivity index (χ0) is 21.6. The molecular weight excluding hydrogens is 409 g/mol. The maximum atomic E-state index is 13.7. The van der Waals surface area contributed by atoms with Gasteiger partial charge >= 0.3 is 0 Å².